The number of sulfonamides is 1. The van der Waals surface area contributed by atoms with Gasteiger partial charge in [-0.1, -0.05) is 0 Å². The molecule has 2 heterocycles. The van der Waals surface area contributed by atoms with E-state index in [1.54, 1.807) is 0 Å². The Morgan fingerprint density at radius 3 is 2.58 bits per heavy atom. The van der Waals surface area contributed by atoms with Crippen molar-refractivity contribution in [2.45, 2.75) is 17.8 Å². The van der Waals surface area contributed by atoms with Gasteiger partial charge in [0.1, 0.15) is 0 Å². The molecule has 2 atom stereocenters. The lowest BCUT2D eigenvalue weighted by Gasteiger charge is -2.31. The van der Waals surface area contributed by atoms with Crippen LogP contribution in [0.4, 0.5) is 0 Å². The maximum Gasteiger partial charge on any atom is 0.334 e. The lowest BCUT2D eigenvalue weighted by molar-refractivity contribution is -0.153. The van der Waals surface area contributed by atoms with Crippen LogP contribution in [0.2, 0.25) is 0 Å². The highest BCUT2D eigenvalue weighted by Gasteiger charge is 2.42. The minimum absolute atomic E-state index is 0.00430. The highest BCUT2D eigenvalue weighted by atomic mass is 32.2. The van der Waals surface area contributed by atoms with Crippen LogP contribution in [0.3, 0.4) is 0 Å². The zero-order valence-corrected chi connectivity index (χ0v) is 11.7. The molecule has 110 valence electrons. The van der Waals surface area contributed by atoms with Gasteiger partial charge >= 0.3 is 5.97 Å². The third-order valence-electron chi connectivity index (χ3n) is 3.28. The first-order valence-electron chi connectivity index (χ1n) is 5.76. The van der Waals surface area contributed by atoms with Crippen LogP contribution in [0.5, 0.6) is 0 Å². The maximum absolute atomic E-state index is 12.3. The van der Waals surface area contributed by atoms with Crippen LogP contribution in [0.25, 0.3) is 0 Å². The topological polar surface area (TPSA) is 118 Å². The predicted molar refractivity (Wildman–Crippen MR) is 64.9 cm³/mol. The summed E-state index contributed by atoms with van der Waals surface area (Å²) in [4.78, 5) is 10.8. The molecule has 10 heteroatoms. The third kappa shape index (κ3) is 3.07. The van der Waals surface area contributed by atoms with Gasteiger partial charge in [-0.15, -0.1) is 0 Å². The van der Waals surface area contributed by atoms with E-state index >= 15 is 0 Å². The van der Waals surface area contributed by atoms with Crippen molar-refractivity contribution in [3.8, 4) is 0 Å². The molecule has 2 unspecified atom stereocenters. The molecule has 2 fully saturated rings. The maximum atomic E-state index is 12.3. The molecule has 8 nitrogen and oxygen atoms in total. The minimum atomic E-state index is -3.79. The average molecular weight is 313 g/mol. The molecule has 0 aliphatic carbocycles. The Kier molecular flexibility index (Phi) is 3.87. The number of carbonyl (C=O) groups is 1. The summed E-state index contributed by atoms with van der Waals surface area (Å²) in [5, 5.41) is 7.86. The minimum Gasteiger partial charge on any atom is -0.479 e. The first-order chi connectivity index (χ1) is 8.72. The summed E-state index contributed by atoms with van der Waals surface area (Å²) >= 11 is 0. The van der Waals surface area contributed by atoms with Gasteiger partial charge in [0, 0.05) is 6.54 Å². The number of rotatable bonds is 3. The van der Waals surface area contributed by atoms with E-state index in [0.29, 0.717) is 0 Å². The van der Waals surface area contributed by atoms with Crippen molar-refractivity contribution in [1.82, 2.24) is 4.31 Å². The van der Waals surface area contributed by atoms with Gasteiger partial charge in [-0.25, -0.2) is 21.6 Å². The molecule has 2 saturated heterocycles. The van der Waals surface area contributed by atoms with Crippen LogP contribution >= 0.6 is 0 Å². The van der Waals surface area contributed by atoms with Gasteiger partial charge in [-0.3, -0.25) is 0 Å². The van der Waals surface area contributed by atoms with Crippen LogP contribution in [0, 0.1) is 0 Å². The molecular formula is C9H15NO7S2. The summed E-state index contributed by atoms with van der Waals surface area (Å²) in [6.45, 7) is -0.216. The summed E-state index contributed by atoms with van der Waals surface area (Å²) in [5.74, 6) is -1.74. The Bertz CT molecular complexity index is 567. The van der Waals surface area contributed by atoms with Crippen molar-refractivity contribution in [2.75, 3.05) is 31.2 Å². The molecule has 0 aromatic heterocycles. The van der Waals surface area contributed by atoms with E-state index in [2.05, 4.69) is 0 Å². The summed E-state index contributed by atoms with van der Waals surface area (Å²) in [6, 6.07) is 0. The van der Waals surface area contributed by atoms with E-state index in [4.69, 9.17) is 9.84 Å². The predicted octanol–water partition coefficient (Wildman–Crippen LogP) is -1.71. The zero-order valence-electron chi connectivity index (χ0n) is 10.1. The number of aliphatic carboxylic acids is 1. The van der Waals surface area contributed by atoms with Crippen LogP contribution in [0.1, 0.15) is 6.42 Å². The number of carboxylic acids is 1. The number of hydrogen-bond acceptors (Lipinski definition) is 6. The van der Waals surface area contributed by atoms with Crippen molar-refractivity contribution in [3.63, 3.8) is 0 Å². The number of carboxylic acid groups (broad SMARTS) is 1. The van der Waals surface area contributed by atoms with E-state index in [1.165, 1.54) is 0 Å². The lowest BCUT2D eigenvalue weighted by Crippen LogP contribution is -2.51. The molecule has 0 radical (unpaired) electrons. The van der Waals surface area contributed by atoms with E-state index in [9.17, 15) is 21.6 Å². The molecule has 0 spiro atoms. The fraction of sp³-hybridized carbons (Fsp3) is 0.889. The van der Waals surface area contributed by atoms with Crippen molar-refractivity contribution in [2.24, 2.45) is 0 Å². The highest BCUT2D eigenvalue weighted by Crippen LogP contribution is 2.23. The Balaban J connectivity index is 2.14. The Morgan fingerprint density at radius 1 is 1.37 bits per heavy atom. The van der Waals surface area contributed by atoms with Crippen molar-refractivity contribution in [3.05, 3.63) is 0 Å². The number of ether oxygens (including phenoxy) is 1. The Morgan fingerprint density at radius 2 is 2.05 bits per heavy atom. The van der Waals surface area contributed by atoms with E-state index in [1.807, 2.05) is 0 Å². The molecule has 0 amide bonds. The summed E-state index contributed by atoms with van der Waals surface area (Å²) in [7, 11) is -7.09. The molecule has 0 bridgehead atoms. The third-order valence-corrected chi connectivity index (χ3v) is 7.55. The summed E-state index contributed by atoms with van der Waals surface area (Å²) in [5.41, 5.74) is 0. The van der Waals surface area contributed by atoms with Crippen LogP contribution < -0.4 is 0 Å². The van der Waals surface area contributed by atoms with Crippen molar-refractivity contribution < 1.29 is 31.5 Å². The SMILES string of the molecule is O=C(O)C1CN(S(=O)(=O)C2CCS(=O)(=O)C2)CCO1. The molecule has 1 N–H and O–H groups in total. The van der Waals surface area contributed by atoms with E-state index in [0.717, 1.165) is 4.31 Å². The largest absolute Gasteiger partial charge is 0.479 e. The van der Waals surface area contributed by atoms with Crippen LogP contribution in [0.15, 0.2) is 0 Å². The monoisotopic (exact) mass is 313 g/mol. The van der Waals surface area contributed by atoms with Gasteiger partial charge < -0.3 is 9.84 Å². The molecule has 2 aliphatic rings. The van der Waals surface area contributed by atoms with Crippen molar-refractivity contribution >= 4 is 25.8 Å². The van der Waals surface area contributed by atoms with Gasteiger partial charge in [-0.05, 0) is 6.42 Å². The molecule has 2 rings (SSSR count). The van der Waals surface area contributed by atoms with Gasteiger partial charge in [-0.2, -0.15) is 4.31 Å². The van der Waals surface area contributed by atoms with Gasteiger partial charge in [0.25, 0.3) is 0 Å². The molecule has 0 aromatic carbocycles. The second-order valence-corrected chi connectivity index (χ2v) is 9.07. The summed E-state index contributed by atoms with van der Waals surface area (Å²) < 4.78 is 53.2. The Hall–Kier alpha value is -0.710. The van der Waals surface area contributed by atoms with E-state index in [-0.39, 0.29) is 37.6 Å². The standard InChI is InChI=1S/C9H15NO7S2/c11-9(12)8-5-10(2-3-17-8)19(15,16)7-1-4-18(13,14)6-7/h7-8H,1-6H2,(H,11,12). The van der Waals surface area contributed by atoms with E-state index < -0.39 is 37.2 Å². The van der Waals surface area contributed by atoms with Crippen LogP contribution in [-0.2, 0) is 29.4 Å². The number of sulfone groups is 1. The fourth-order valence-electron chi connectivity index (χ4n) is 2.21. The van der Waals surface area contributed by atoms with Crippen LogP contribution in [-0.4, -0.2) is 74.8 Å². The zero-order chi connectivity index (χ0) is 14.3. The number of morpholine rings is 1. The second-order valence-electron chi connectivity index (χ2n) is 4.63. The first kappa shape index (κ1) is 14.7. The second kappa shape index (κ2) is 5.00. The quantitative estimate of drug-likeness (QED) is 0.659. The highest BCUT2D eigenvalue weighted by molar-refractivity contribution is 7.95. The smallest absolute Gasteiger partial charge is 0.334 e. The van der Waals surface area contributed by atoms with Gasteiger partial charge in [0.2, 0.25) is 10.0 Å². The van der Waals surface area contributed by atoms with Crippen molar-refractivity contribution in [1.29, 1.82) is 0 Å². The molecular weight excluding hydrogens is 298 g/mol. The lowest BCUT2D eigenvalue weighted by atomic mass is 10.3. The fourth-order valence-corrected chi connectivity index (χ4v) is 6.72. The molecule has 2 aliphatic heterocycles. The molecule has 19 heavy (non-hydrogen) atoms. The average Bonchev–Trinajstić information content (AvgIpc) is 2.70. The molecule has 0 saturated carbocycles. The summed E-state index contributed by atoms with van der Waals surface area (Å²) in [6.07, 6.45) is -1.12. The molecule has 0 aromatic rings. The van der Waals surface area contributed by atoms with Gasteiger partial charge in [0.05, 0.1) is 29.9 Å². The van der Waals surface area contributed by atoms with Gasteiger partial charge in [0.15, 0.2) is 15.9 Å². The number of nitrogens with zero attached hydrogens (tertiary/aromatic N) is 1. The first-order valence-corrected chi connectivity index (χ1v) is 9.08. The Labute approximate surface area is 111 Å². The normalized spacial score (nSPS) is 32.2. The number of hydrogen-bond donors (Lipinski definition) is 1.